The van der Waals surface area contributed by atoms with Gasteiger partial charge >= 0.3 is 0 Å². The molecule has 0 atom stereocenters. The average molecular weight is 329 g/mol. The lowest BCUT2D eigenvalue weighted by molar-refractivity contribution is 0.587. The Hall–Kier alpha value is -2.41. The highest BCUT2D eigenvalue weighted by molar-refractivity contribution is 5.61. The van der Waals surface area contributed by atoms with Crippen LogP contribution in [0.25, 0.3) is 11.3 Å². The largest absolute Gasteiger partial charge is 0.256 e. The molecule has 0 bridgehead atoms. The summed E-state index contributed by atoms with van der Waals surface area (Å²) in [4.78, 5) is 4.71. The van der Waals surface area contributed by atoms with Crippen LogP contribution in [0.5, 0.6) is 0 Å². The second-order valence-electron chi connectivity index (χ2n) is 8.25. The van der Waals surface area contributed by atoms with Crippen molar-refractivity contribution in [2.45, 2.75) is 45.4 Å². The van der Waals surface area contributed by atoms with Gasteiger partial charge in [0, 0.05) is 17.2 Å². The Bertz CT molecular complexity index is 837. The minimum Gasteiger partial charge on any atom is -0.256 e. The molecule has 3 rings (SSSR count). The van der Waals surface area contributed by atoms with E-state index in [0.29, 0.717) is 0 Å². The quantitative estimate of drug-likeness (QED) is 0.544. The van der Waals surface area contributed by atoms with E-state index in [2.05, 4.69) is 101 Å². The van der Waals surface area contributed by atoms with Crippen LogP contribution in [0.4, 0.5) is 0 Å². The van der Waals surface area contributed by atoms with Crippen LogP contribution in [0.15, 0.2) is 72.9 Å². The summed E-state index contributed by atoms with van der Waals surface area (Å²) in [6, 6.07) is 23.8. The molecule has 0 N–H and O–H groups in total. The van der Waals surface area contributed by atoms with Gasteiger partial charge in [-0.25, -0.2) is 0 Å². The first-order valence-corrected chi connectivity index (χ1v) is 8.91. The van der Waals surface area contributed by atoms with Crippen molar-refractivity contribution in [3.63, 3.8) is 0 Å². The van der Waals surface area contributed by atoms with Gasteiger partial charge < -0.3 is 0 Å². The molecular weight excluding hydrogens is 302 g/mol. The second kappa shape index (κ2) is 6.48. The Balaban J connectivity index is 1.97. The highest BCUT2D eigenvalue weighted by Crippen LogP contribution is 2.33. The molecule has 1 heteroatoms. The zero-order valence-electron chi connectivity index (χ0n) is 15.9. The Labute approximate surface area is 151 Å². The maximum atomic E-state index is 4.71. The molecule has 0 saturated carbocycles. The lowest BCUT2D eigenvalue weighted by Gasteiger charge is -2.26. The van der Waals surface area contributed by atoms with Crippen molar-refractivity contribution in [1.82, 2.24) is 4.98 Å². The van der Waals surface area contributed by atoms with Gasteiger partial charge in [0.2, 0.25) is 0 Å². The molecule has 0 unspecified atom stereocenters. The van der Waals surface area contributed by atoms with Gasteiger partial charge in [-0.2, -0.15) is 0 Å². The van der Waals surface area contributed by atoms with Crippen LogP contribution >= 0.6 is 0 Å². The Morgan fingerprint density at radius 2 is 1.32 bits per heavy atom. The second-order valence-corrected chi connectivity index (χ2v) is 8.25. The molecule has 0 saturated heterocycles. The van der Waals surface area contributed by atoms with E-state index in [1.54, 1.807) is 0 Å². The first-order chi connectivity index (χ1) is 11.8. The minimum atomic E-state index is -0.0391. The van der Waals surface area contributed by atoms with Gasteiger partial charge in [0.25, 0.3) is 0 Å². The maximum Gasteiger partial charge on any atom is 0.0702 e. The fourth-order valence-electron chi connectivity index (χ4n) is 3.10. The molecule has 0 aliphatic heterocycles. The summed E-state index contributed by atoms with van der Waals surface area (Å²) in [5, 5.41) is 0. The Kier molecular flexibility index (Phi) is 4.51. The van der Waals surface area contributed by atoms with Gasteiger partial charge in [0.1, 0.15) is 0 Å². The van der Waals surface area contributed by atoms with Gasteiger partial charge in [-0.15, -0.1) is 0 Å². The van der Waals surface area contributed by atoms with Crippen LogP contribution in [0.2, 0.25) is 0 Å². The summed E-state index contributed by atoms with van der Waals surface area (Å²) < 4.78 is 0. The Morgan fingerprint density at radius 1 is 0.640 bits per heavy atom. The van der Waals surface area contributed by atoms with E-state index in [9.17, 15) is 0 Å². The third-order valence-corrected chi connectivity index (χ3v) is 5.01. The lowest BCUT2D eigenvalue weighted by atomic mass is 9.77. The smallest absolute Gasteiger partial charge is 0.0702 e. The van der Waals surface area contributed by atoms with Crippen LogP contribution in [0.1, 0.15) is 51.3 Å². The number of rotatable bonds is 3. The summed E-state index contributed by atoms with van der Waals surface area (Å²) >= 11 is 0. The zero-order valence-corrected chi connectivity index (χ0v) is 15.9. The summed E-state index contributed by atoms with van der Waals surface area (Å²) in [5.41, 5.74) is 6.17. The highest BCUT2D eigenvalue weighted by atomic mass is 14.7. The predicted octanol–water partition coefficient (Wildman–Crippen LogP) is 6.37. The van der Waals surface area contributed by atoms with E-state index >= 15 is 0 Å². The van der Waals surface area contributed by atoms with Crippen molar-refractivity contribution in [3.8, 4) is 11.3 Å². The van der Waals surface area contributed by atoms with E-state index in [4.69, 9.17) is 4.98 Å². The molecule has 128 valence electrons. The molecule has 1 nitrogen and oxygen atoms in total. The van der Waals surface area contributed by atoms with Crippen molar-refractivity contribution in [1.29, 1.82) is 0 Å². The fraction of sp³-hybridized carbons (Fsp3) is 0.292. The third kappa shape index (κ3) is 3.66. The predicted molar refractivity (Wildman–Crippen MR) is 107 cm³/mol. The maximum absolute atomic E-state index is 4.71. The normalized spacial score (nSPS) is 12.2. The molecule has 0 aliphatic carbocycles. The van der Waals surface area contributed by atoms with Gasteiger partial charge in [-0.3, -0.25) is 4.98 Å². The van der Waals surface area contributed by atoms with Crippen molar-refractivity contribution in [3.05, 3.63) is 89.6 Å². The van der Waals surface area contributed by atoms with Gasteiger partial charge in [-0.05, 0) is 34.2 Å². The van der Waals surface area contributed by atoms with Crippen LogP contribution < -0.4 is 0 Å². The zero-order chi connectivity index (χ0) is 18.1. The number of hydrogen-bond acceptors (Lipinski definition) is 1. The summed E-state index contributed by atoms with van der Waals surface area (Å²) in [6.07, 6.45) is 2.00. The molecule has 1 aromatic heterocycles. The molecule has 0 spiro atoms. The van der Waals surface area contributed by atoms with Crippen LogP contribution in [0.3, 0.4) is 0 Å². The molecule has 1 heterocycles. The van der Waals surface area contributed by atoms with Gasteiger partial charge in [-0.1, -0.05) is 89.2 Å². The van der Waals surface area contributed by atoms with Crippen molar-refractivity contribution in [2.24, 2.45) is 0 Å². The van der Waals surface area contributed by atoms with E-state index in [-0.39, 0.29) is 10.8 Å². The Morgan fingerprint density at radius 3 is 1.92 bits per heavy atom. The number of benzene rings is 2. The number of pyridine rings is 1. The molecular formula is C24H27N. The van der Waals surface area contributed by atoms with Crippen molar-refractivity contribution >= 4 is 0 Å². The SMILES string of the molecule is CC(C)(C)c1ccc(-c2cccc(C(C)(C)c3ccccc3)c2)nc1. The molecule has 0 radical (unpaired) electrons. The number of hydrogen-bond donors (Lipinski definition) is 0. The minimum absolute atomic E-state index is 0.0391. The van der Waals surface area contributed by atoms with Crippen molar-refractivity contribution in [2.75, 3.05) is 0 Å². The third-order valence-electron chi connectivity index (χ3n) is 5.01. The standard InChI is InChI=1S/C24H27N/c1-23(2,3)21-14-15-22(25-17-21)18-10-9-13-20(16-18)24(4,5)19-11-7-6-8-12-19/h6-17H,1-5H3. The summed E-state index contributed by atoms with van der Waals surface area (Å²) in [7, 11) is 0. The van der Waals surface area contributed by atoms with Crippen LogP contribution in [0, 0.1) is 0 Å². The molecule has 2 aromatic carbocycles. The van der Waals surface area contributed by atoms with Gasteiger partial charge in [0.05, 0.1) is 5.69 Å². The average Bonchev–Trinajstić information content (AvgIpc) is 2.62. The highest BCUT2D eigenvalue weighted by Gasteiger charge is 2.23. The lowest BCUT2D eigenvalue weighted by Crippen LogP contribution is -2.18. The summed E-state index contributed by atoms with van der Waals surface area (Å²) in [6.45, 7) is 11.2. The monoisotopic (exact) mass is 329 g/mol. The fourth-order valence-corrected chi connectivity index (χ4v) is 3.10. The number of nitrogens with zero attached hydrogens (tertiary/aromatic N) is 1. The van der Waals surface area contributed by atoms with Crippen LogP contribution in [-0.4, -0.2) is 4.98 Å². The van der Waals surface area contributed by atoms with Crippen LogP contribution in [-0.2, 0) is 10.8 Å². The van der Waals surface area contributed by atoms with E-state index in [0.717, 1.165) is 5.69 Å². The van der Waals surface area contributed by atoms with E-state index in [1.165, 1.54) is 22.3 Å². The topological polar surface area (TPSA) is 12.9 Å². The molecule has 0 fully saturated rings. The first kappa shape index (κ1) is 17.4. The molecule has 0 aliphatic rings. The van der Waals surface area contributed by atoms with E-state index in [1.807, 2.05) is 6.20 Å². The van der Waals surface area contributed by atoms with E-state index < -0.39 is 0 Å². The first-order valence-electron chi connectivity index (χ1n) is 8.91. The molecule has 3 aromatic rings. The summed E-state index contributed by atoms with van der Waals surface area (Å²) in [5.74, 6) is 0. The van der Waals surface area contributed by atoms with Gasteiger partial charge in [0.15, 0.2) is 0 Å². The van der Waals surface area contributed by atoms with Crippen molar-refractivity contribution < 1.29 is 0 Å². The molecule has 0 amide bonds. The molecule has 25 heavy (non-hydrogen) atoms. The number of aromatic nitrogens is 1.